The molecule has 0 aliphatic carbocycles. The van der Waals surface area contributed by atoms with Crippen molar-refractivity contribution in [3.05, 3.63) is 90.3 Å². The summed E-state index contributed by atoms with van der Waals surface area (Å²) in [5.74, 6) is 1.65. The molecule has 128 valence electrons. The molecule has 4 aromatic rings. The maximum atomic E-state index is 4.46. The van der Waals surface area contributed by atoms with Gasteiger partial charge in [0, 0.05) is 29.4 Å². The Balaban J connectivity index is 1.73. The first-order valence-electron chi connectivity index (χ1n) is 8.41. The topological polar surface area (TPSA) is 43.6 Å². The van der Waals surface area contributed by atoms with E-state index in [0.717, 1.165) is 28.0 Å². The quantitative estimate of drug-likeness (QED) is 0.475. The Kier molecular flexibility index (Phi) is 4.80. The van der Waals surface area contributed by atoms with Gasteiger partial charge in [0.1, 0.15) is 0 Å². The normalized spacial score (nSPS) is 10.8. The molecule has 0 bridgehead atoms. The Morgan fingerprint density at radius 2 is 1.69 bits per heavy atom. The molecule has 0 saturated carbocycles. The minimum Gasteiger partial charge on any atom is -0.270 e. The van der Waals surface area contributed by atoms with Crippen LogP contribution in [0.4, 0.5) is 0 Å². The van der Waals surface area contributed by atoms with Crippen LogP contribution < -0.4 is 0 Å². The Bertz CT molecular complexity index is 997. The summed E-state index contributed by atoms with van der Waals surface area (Å²) in [4.78, 5) is 4.22. The van der Waals surface area contributed by atoms with Crippen LogP contribution in [0.3, 0.4) is 0 Å². The Morgan fingerprint density at radius 1 is 0.885 bits per heavy atom. The fraction of sp³-hybridized carbons (Fsp3) is 0.0952. The van der Waals surface area contributed by atoms with E-state index in [4.69, 9.17) is 0 Å². The Labute approximate surface area is 157 Å². The molecular formula is C21H18N4S. The maximum Gasteiger partial charge on any atom is 0.196 e. The average molecular weight is 358 g/mol. The molecule has 0 saturated heterocycles. The number of pyridine rings is 1. The van der Waals surface area contributed by atoms with Crippen LogP contribution in [-0.4, -0.2) is 19.7 Å². The van der Waals surface area contributed by atoms with Crippen molar-refractivity contribution in [2.24, 2.45) is 0 Å². The molecule has 2 heterocycles. The molecule has 5 heteroatoms. The minimum atomic E-state index is 0.802. The highest BCUT2D eigenvalue weighted by molar-refractivity contribution is 7.98. The molecule has 0 atom stereocenters. The Morgan fingerprint density at radius 3 is 2.46 bits per heavy atom. The monoisotopic (exact) mass is 358 g/mol. The van der Waals surface area contributed by atoms with Crippen molar-refractivity contribution in [2.75, 3.05) is 0 Å². The molecule has 2 aromatic heterocycles. The highest BCUT2D eigenvalue weighted by Gasteiger charge is 2.16. The van der Waals surface area contributed by atoms with Gasteiger partial charge in [-0.1, -0.05) is 54.2 Å². The molecule has 0 aliphatic heterocycles. The summed E-state index contributed by atoms with van der Waals surface area (Å²) >= 11 is 1.69. The summed E-state index contributed by atoms with van der Waals surface area (Å²) in [6, 6.07) is 22.6. The van der Waals surface area contributed by atoms with Gasteiger partial charge in [0.2, 0.25) is 0 Å². The zero-order valence-corrected chi connectivity index (χ0v) is 15.2. The summed E-state index contributed by atoms with van der Waals surface area (Å²) in [5.41, 5.74) is 4.59. The van der Waals surface area contributed by atoms with E-state index in [1.807, 2.05) is 36.5 Å². The number of aryl methyl sites for hydroxylation is 1. The molecule has 0 spiro atoms. The molecule has 2 aromatic carbocycles. The zero-order chi connectivity index (χ0) is 17.8. The predicted molar refractivity (Wildman–Crippen MR) is 105 cm³/mol. The molecule has 0 aliphatic rings. The molecule has 0 radical (unpaired) electrons. The number of para-hydroxylation sites is 1. The van der Waals surface area contributed by atoms with Crippen LogP contribution >= 0.6 is 11.8 Å². The number of rotatable bonds is 5. The zero-order valence-electron chi connectivity index (χ0n) is 14.4. The predicted octanol–water partition coefficient (Wildman–Crippen LogP) is 4.93. The smallest absolute Gasteiger partial charge is 0.196 e. The second kappa shape index (κ2) is 7.54. The summed E-state index contributed by atoms with van der Waals surface area (Å²) in [5, 5.41) is 9.78. The lowest BCUT2D eigenvalue weighted by atomic mass is 10.1. The van der Waals surface area contributed by atoms with Gasteiger partial charge in [-0.3, -0.25) is 9.55 Å². The highest BCUT2D eigenvalue weighted by Crippen LogP contribution is 2.29. The van der Waals surface area contributed by atoms with Gasteiger partial charge in [0.15, 0.2) is 11.0 Å². The number of hydrogen-bond acceptors (Lipinski definition) is 4. The van der Waals surface area contributed by atoms with Crippen LogP contribution in [0.25, 0.3) is 17.1 Å². The van der Waals surface area contributed by atoms with Crippen molar-refractivity contribution in [1.29, 1.82) is 0 Å². The molecule has 4 nitrogen and oxygen atoms in total. The van der Waals surface area contributed by atoms with Gasteiger partial charge in [-0.05, 0) is 42.3 Å². The van der Waals surface area contributed by atoms with Crippen molar-refractivity contribution in [3.63, 3.8) is 0 Å². The SMILES string of the molecule is Cc1ccccc1CSc1nnc(-c2cccnc2)n1-c1ccccc1. The van der Waals surface area contributed by atoms with Gasteiger partial charge in [-0.2, -0.15) is 0 Å². The lowest BCUT2D eigenvalue weighted by molar-refractivity contribution is 0.885. The van der Waals surface area contributed by atoms with Crippen LogP contribution in [0.5, 0.6) is 0 Å². The van der Waals surface area contributed by atoms with E-state index in [1.165, 1.54) is 11.1 Å². The van der Waals surface area contributed by atoms with Crippen LogP contribution in [0.2, 0.25) is 0 Å². The van der Waals surface area contributed by atoms with Crippen molar-refractivity contribution in [1.82, 2.24) is 19.7 Å². The molecule has 0 unspecified atom stereocenters. The highest BCUT2D eigenvalue weighted by atomic mass is 32.2. The molecule has 0 amide bonds. The largest absolute Gasteiger partial charge is 0.270 e. The van der Waals surface area contributed by atoms with E-state index in [9.17, 15) is 0 Å². The number of thioether (sulfide) groups is 1. The lowest BCUT2D eigenvalue weighted by Gasteiger charge is -2.10. The molecule has 26 heavy (non-hydrogen) atoms. The van der Waals surface area contributed by atoms with Gasteiger partial charge in [-0.25, -0.2) is 0 Å². The van der Waals surface area contributed by atoms with Crippen LogP contribution in [0, 0.1) is 6.92 Å². The third-order valence-corrected chi connectivity index (χ3v) is 5.16. The lowest BCUT2D eigenvalue weighted by Crippen LogP contribution is -2.00. The van der Waals surface area contributed by atoms with E-state index in [-0.39, 0.29) is 0 Å². The first-order valence-corrected chi connectivity index (χ1v) is 9.40. The maximum absolute atomic E-state index is 4.46. The fourth-order valence-corrected chi connectivity index (χ4v) is 3.80. The van der Waals surface area contributed by atoms with Crippen LogP contribution in [0.15, 0.2) is 84.3 Å². The van der Waals surface area contributed by atoms with Gasteiger partial charge >= 0.3 is 0 Å². The van der Waals surface area contributed by atoms with Crippen molar-refractivity contribution >= 4 is 11.8 Å². The summed E-state index contributed by atoms with van der Waals surface area (Å²) in [6.45, 7) is 2.14. The summed E-state index contributed by atoms with van der Waals surface area (Å²) < 4.78 is 2.10. The molecule has 0 fully saturated rings. The van der Waals surface area contributed by atoms with Crippen LogP contribution in [-0.2, 0) is 5.75 Å². The average Bonchev–Trinajstić information content (AvgIpc) is 3.13. The standard InChI is InChI=1S/C21H18N4S/c1-16-8-5-6-9-18(16)15-26-21-24-23-20(17-10-7-13-22-14-17)25(21)19-11-3-2-4-12-19/h2-14H,15H2,1H3. The summed E-state index contributed by atoms with van der Waals surface area (Å²) in [6.07, 6.45) is 3.58. The molecular weight excluding hydrogens is 340 g/mol. The number of nitrogens with zero attached hydrogens (tertiary/aromatic N) is 4. The van der Waals surface area contributed by atoms with E-state index < -0.39 is 0 Å². The van der Waals surface area contributed by atoms with Crippen molar-refractivity contribution in [3.8, 4) is 17.1 Å². The van der Waals surface area contributed by atoms with Gasteiger partial charge in [0.25, 0.3) is 0 Å². The summed E-state index contributed by atoms with van der Waals surface area (Å²) in [7, 11) is 0. The van der Waals surface area contributed by atoms with Gasteiger partial charge < -0.3 is 0 Å². The number of hydrogen-bond donors (Lipinski definition) is 0. The molecule has 4 rings (SSSR count). The van der Waals surface area contributed by atoms with E-state index >= 15 is 0 Å². The second-order valence-corrected chi connectivity index (χ2v) is 6.88. The first-order chi connectivity index (χ1) is 12.8. The van der Waals surface area contributed by atoms with Gasteiger partial charge in [-0.15, -0.1) is 10.2 Å². The van der Waals surface area contributed by atoms with E-state index in [0.29, 0.717) is 0 Å². The van der Waals surface area contributed by atoms with Crippen molar-refractivity contribution < 1.29 is 0 Å². The Hall–Kier alpha value is -2.92. The van der Waals surface area contributed by atoms with E-state index in [2.05, 4.69) is 63.1 Å². The minimum absolute atomic E-state index is 0.802. The van der Waals surface area contributed by atoms with Crippen molar-refractivity contribution in [2.45, 2.75) is 17.8 Å². The second-order valence-electron chi connectivity index (χ2n) is 5.93. The number of aromatic nitrogens is 4. The third kappa shape index (κ3) is 3.39. The van der Waals surface area contributed by atoms with E-state index in [1.54, 1.807) is 18.0 Å². The van der Waals surface area contributed by atoms with Crippen LogP contribution in [0.1, 0.15) is 11.1 Å². The first kappa shape index (κ1) is 16.5. The number of benzene rings is 2. The fourth-order valence-electron chi connectivity index (χ4n) is 2.77. The van der Waals surface area contributed by atoms with Gasteiger partial charge in [0.05, 0.1) is 0 Å². The third-order valence-electron chi connectivity index (χ3n) is 4.19. The molecule has 0 N–H and O–H groups in total.